The first-order valence-electron chi connectivity index (χ1n) is 21.1. The summed E-state index contributed by atoms with van der Waals surface area (Å²) in [7, 11) is 0. The van der Waals surface area contributed by atoms with Gasteiger partial charge in [-0.25, -0.2) is 4.79 Å². The molecule has 0 aromatic heterocycles. The molecule has 1 unspecified atom stereocenters. The van der Waals surface area contributed by atoms with Gasteiger partial charge < -0.3 is 9.85 Å². The number of aliphatic hydroxyl groups is 1. The lowest BCUT2D eigenvalue weighted by molar-refractivity contribution is -0.174. The molecule has 26 heavy (non-hydrogen) atoms. The average Bonchev–Trinajstić information content (AvgIpc) is 3.00. The molecule has 1 saturated carbocycles. The fraction of sp³-hybridized carbons (Fsp3) is 0.591. The zero-order valence-corrected chi connectivity index (χ0v) is 12.9. The van der Waals surface area contributed by atoms with Crippen LogP contribution in [-0.2, 0) is 15.1 Å². The third-order valence-electron chi connectivity index (χ3n) is 2.78. The lowest BCUT2D eigenvalue weighted by Gasteiger charge is -2.36. The summed E-state index contributed by atoms with van der Waals surface area (Å²) >= 11 is 0. The van der Waals surface area contributed by atoms with Crippen LogP contribution in [0.2, 0.25) is 0 Å². The summed E-state index contributed by atoms with van der Waals surface area (Å²) in [5.74, 6) is -4.73. The summed E-state index contributed by atoms with van der Waals surface area (Å²) in [6.07, 6.45) is -22.6. The van der Waals surface area contributed by atoms with Crippen molar-refractivity contribution in [1.82, 2.24) is 4.90 Å². The van der Waals surface area contributed by atoms with Crippen molar-refractivity contribution in [3.63, 3.8) is 0 Å². The molecule has 4 nitrogen and oxygen atoms in total. The second-order valence-electron chi connectivity index (χ2n) is 4.28. The minimum absolute atomic E-state index is 0.461. The van der Waals surface area contributed by atoms with Gasteiger partial charge in [0.2, 0.25) is 1.43 Å². The minimum atomic E-state index is -4.91. The Morgan fingerprint density at radius 2 is 2.15 bits per heavy atom. The Morgan fingerprint density at radius 3 is 2.81 bits per heavy atom. The second kappa shape index (κ2) is 10.4. The van der Waals surface area contributed by atoms with E-state index in [4.69, 9.17) is 38.4 Å². The van der Waals surface area contributed by atoms with Gasteiger partial charge >= 0.3 is 5.97 Å². The lowest BCUT2D eigenvalue weighted by Crippen LogP contribution is -2.45. The highest BCUT2D eigenvalue weighted by molar-refractivity contribution is 5.81. The van der Waals surface area contributed by atoms with Gasteiger partial charge in [0.05, 0.1) is 16.1 Å². The van der Waals surface area contributed by atoms with E-state index in [0.29, 0.717) is 0 Å². The van der Waals surface area contributed by atoms with E-state index in [1.165, 1.54) is 5.92 Å². The Hall–Kier alpha value is -1.83. The highest BCUT2D eigenvalue weighted by Crippen LogP contribution is 2.40. The van der Waals surface area contributed by atoms with Crippen LogP contribution < -0.4 is 0 Å². The fourth-order valence-electron chi connectivity index (χ4n) is 1.59. The maximum absolute atomic E-state index is 14.3. The van der Waals surface area contributed by atoms with Crippen molar-refractivity contribution < 1.29 is 53.0 Å². The van der Waals surface area contributed by atoms with Gasteiger partial charge in [0.1, 0.15) is 0 Å². The summed E-state index contributed by atoms with van der Waals surface area (Å²) in [5.41, 5.74) is -6.69. The molecular formula is C22H31NO3. The largest absolute Gasteiger partial charge is 0.450 e. The number of ether oxygens (including phenoxy) is 1. The highest BCUT2D eigenvalue weighted by Gasteiger charge is 2.46. The smallest absolute Gasteiger partial charge is 0.344 e. The van der Waals surface area contributed by atoms with Crippen LogP contribution in [0.4, 0.5) is 0 Å². The number of hydrogen-bond donors (Lipinski definition) is 1. The lowest BCUT2D eigenvalue weighted by atomic mass is 9.73. The van der Waals surface area contributed by atoms with Crippen molar-refractivity contribution in [1.29, 1.82) is 1.43 Å². The fourth-order valence-corrected chi connectivity index (χ4v) is 1.59. The summed E-state index contributed by atoms with van der Waals surface area (Å²) < 4.78 is 239. The molecule has 1 aliphatic rings. The van der Waals surface area contributed by atoms with Gasteiger partial charge in [-0.3, -0.25) is 4.90 Å². The molecule has 2 rings (SSSR count). The summed E-state index contributed by atoms with van der Waals surface area (Å²) in [5, 5.41) is 4.36. The Morgan fingerprint density at radius 1 is 1.42 bits per heavy atom. The maximum Gasteiger partial charge on any atom is 0.344 e. The third kappa shape index (κ3) is 5.09. The maximum atomic E-state index is 14.3. The zero-order chi connectivity index (χ0) is 44.2. The SMILES string of the molecule is [2H]OC(C(=O)OC([2H])([2H])C#CCN(C([2H])([2H])C([2H])([2H])[2H])C([2H])([2H])C([2H])([2H])[2H])(c1c([2H])c([2H])c([2H])c([2H])c1[2H])C1([2H])C([2H])([2H])C([2H])([2H])C([2H])([2H])C([2H])([2H])C1([2H])[2H]. The molecule has 1 aromatic carbocycles. The third-order valence-corrected chi connectivity index (χ3v) is 2.78. The van der Waals surface area contributed by atoms with Gasteiger partial charge in [-0.1, -0.05) is 74.9 Å². The van der Waals surface area contributed by atoms with Crippen LogP contribution in [0, 0.1) is 17.7 Å². The molecule has 142 valence electrons. The van der Waals surface area contributed by atoms with Gasteiger partial charge in [-0.15, -0.1) is 0 Å². The van der Waals surface area contributed by atoms with Gasteiger partial charge in [0, 0.05) is 34.7 Å². The molecule has 0 bridgehead atoms. The van der Waals surface area contributed by atoms with E-state index in [9.17, 15) is 6.17 Å². The molecule has 1 N–H and O–H groups in total. The predicted octanol–water partition coefficient (Wildman–Crippen LogP) is 3.34. The molecule has 0 heterocycles. The van der Waals surface area contributed by atoms with Gasteiger partial charge in [0.25, 0.3) is 0 Å². The van der Waals surface area contributed by atoms with E-state index < -0.39 is 130 Å². The van der Waals surface area contributed by atoms with Crippen LogP contribution in [-0.4, -0.2) is 43.5 Å². The molecule has 0 amide bonds. The number of carbonyl (C=O) groups is 1. The molecule has 1 aliphatic carbocycles. The average molecular weight is 387 g/mol. The first-order chi connectivity index (χ1) is 24.0. The Balaban J connectivity index is 3.12. The van der Waals surface area contributed by atoms with E-state index in [1.807, 2.05) is 0 Å². The monoisotopic (exact) mass is 386 g/mol. The Labute approximate surface area is 198 Å². The minimum Gasteiger partial charge on any atom is -0.450 e. The normalized spacial score (nSPS) is 47.0. The molecule has 4 heteroatoms. The van der Waals surface area contributed by atoms with E-state index in [0.717, 1.165) is 0 Å². The molecule has 0 aliphatic heterocycles. The van der Waals surface area contributed by atoms with Crippen LogP contribution in [0.5, 0.6) is 0 Å². The Kier molecular flexibility index (Phi) is 1.76. The Bertz CT molecular complexity index is 1670. The first kappa shape index (κ1) is 4.42. The van der Waals surface area contributed by atoms with Crippen LogP contribution in [0.1, 0.15) is 89.5 Å². The van der Waals surface area contributed by atoms with Crippen molar-refractivity contribution in [3.8, 4) is 11.8 Å². The van der Waals surface area contributed by atoms with E-state index >= 15 is 0 Å². The second-order valence-corrected chi connectivity index (χ2v) is 4.28. The van der Waals surface area contributed by atoms with Gasteiger partial charge in [-0.2, -0.15) is 0 Å². The summed E-state index contributed by atoms with van der Waals surface area (Å²) in [6, 6.07) is -7.65. The topological polar surface area (TPSA) is 49.8 Å². The van der Waals surface area contributed by atoms with Crippen LogP contribution in [0.15, 0.2) is 30.2 Å². The molecule has 0 radical (unpaired) electrons. The number of rotatable bonds is 8. The van der Waals surface area contributed by atoms with Crippen molar-refractivity contribution >= 4 is 5.97 Å². The summed E-state index contributed by atoms with van der Waals surface area (Å²) in [6.45, 7) is -21.0. The van der Waals surface area contributed by atoms with Crippen molar-refractivity contribution in [2.24, 2.45) is 5.89 Å². The first-order valence-corrected chi connectivity index (χ1v) is 6.68. The molecule has 0 spiro atoms. The number of nitrogens with zero attached hydrogens (tertiary/aromatic N) is 1. The van der Waals surface area contributed by atoms with E-state index in [2.05, 4.69) is 9.85 Å². The van der Waals surface area contributed by atoms with Crippen LogP contribution in [0.3, 0.4) is 0 Å². The predicted molar refractivity (Wildman–Crippen MR) is 103 cm³/mol. The van der Waals surface area contributed by atoms with Gasteiger partial charge in [0.15, 0.2) is 12.2 Å². The molecule has 0 saturated heterocycles. The quantitative estimate of drug-likeness (QED) is 0.550. The number of esters is 1. The van der Waals surface area contributed by atoms with Crippen molar-refractivity contribution in [2.45, 2.75) is 51.2 Å². The zero-order valence-electron chi connectivity index (χ0n) is 41.9. The molecule has 1 fully saturated rings. The van der Waals surface area contributed by atoms with E-state index in [-0.39, 0.29) is 0 Å². The van der Waals surface area contributed by atoms with Crippen LogP contribution >= 0.6 is 0 Å². The molecule has 1 atom stereocenters. The number of carbonyl (C=O) groups excluding carboxylic acids is 1. The molecular weight excluding hydrogens is 326 g/mol. The van der Waals surface area contributed by atoms with E-state index in [1.54, 1.807) is 5.92 Å². The van der Waals surface area contributed by atoms with Gasteiger partial charge in [-0.05, 0) is 31.3 Å². The van der Waals surface area contributed by atoms with Crippen LogP contribution in [0.25, 0.3) is 0 Å². The van der Waals surface area contributed by atoms with Crippen molar-refractivity contribution in [3.05, 3.63) is 35.8 Å². The molecule has 1 aromatic rings. The van der Waals surface area contributed by atoms with Crippen molar-refractivity contribution in [2.75, 3.05) is 26.1 Å². The highest BCUT2D eigenvalue weighted by atomic mass is 16.5. The summed E-state index contributed by atoms with van der Waals surface area (Å²) in [4.78, 5) is 13.8. The number of hydrogen-bond acceptors (Lipinski definition) is 4. The number of benzene rings is 1. The standard InChI is InChI=1S/C22H31NO3/c1-3-23(4-2)17-11-12-18-26-21(24)22(25,19-13-7-5-8-14-19)20-15-9-6-10-16-20/h5,7-8,13-14,20,25H,3-4,6,9-10,15-18H2,1-2H3/i1D3,2D3,3D2,4D2,5D,6D2,7D,8D,9D2,10D2,13D,14D,15D2,16D2,18D2,20D,25D.